The summed E-state index contributed by atoms with van der Waals surface area (Å²) in [5.74, 6) is 0.562. The third-order valence-corrected chi connectivity index (χ3v) is 3.62. The number of benzene rings is 2. The van der Waals surface area contributed by atoms with Gasteiger partial charge in [0.15, 0.2) is 0 Å². The SMILES string of the molecule is CNC(c1ccc(F)cc1)c1ccc(OC)c(Br)c1. The molecular weight excluding hydrogens is 309 g/mol. The van der Waals surface area contributed by atoms with E-state index < -0.39 is 0 Å². The molecule has 1 unspecified atom stereocenters. The number of hydrogen-bond donors (Lipinski definition) is 1. The maximum absolute atomic E-state index is 13.0. The van der Waals surface area contributed by atoms with E-state index in [9.17, 15) is 4.39 Å². The number of halogens is 2. The van der Waals surface area contributed by atoms with Crippen LogP contribution in [-0.4, -0.2) is 14.2 Å². The van der Waals surface area contributed by atoms with Crippen molar-refractivity contribution in [1.29, 1.82) is 0 Å². The highest BCUT2D eigenvalue weighted by Crippen LogP contribution is 2.30. The van der Waals surface area contributed by atoms with Crippen molar-refractivity contribution in [3.8, 4) is 5.75 Å². The van der Waals surface area contributed by atoms with Crippen LogP contribution in [0.3, 0.4) is 0 Å². The zero-order chi connectivity index (χ0) is 13.8. The maximum atomic E-state index is 13.0. The smallest absolute Gasteiger partial charge is 0.133 e. The molecule has 0 aliphatic heterocycles. The fraction of sp³-hybridized carbons (Fsp3) is 0.200. The second-order valence-corrected chi connectivity index (χ2v) is 5.02. The van der Waals surface area contributed by atoms with Gasteiger partial charge in [-0.15, -0.1) is 0 Å². The summed E-state index contributed by atoms with van der Waals surface area (Å²) in [5, 5.41) is 3.23. The summed E-state index contributed by atoms with van der Waals surface area (Å²) < 4.78 is 19.1. The topological polar surface area (TPSA) is 21.3 Å². The van der Waals surface area contributed by atoms with Gasteiger partial charge in [-0.2, -0.15) is 0 Å². The molecule has 100 valence electrons. The molecule has 0 amide bonds. The number of rotatable bonds is 4. The van der Waals surface area contributed by atoms with Crippen molar-refractivity contribution in [2.45, 2.75) is 6.04 Å². The Morgan fingerprint density at radius 2 is 1.74 bits per heavy atom. The average molecular weight is 324 g/mol. The maximum Gasteiger partial charge on any atom is 0.133 e. The van der Waals surface area contributed by atoms with Crippen LogP contribution in [0.4, 0.5) is 4.39 Å². The molecule has 0 saturated heterocycles. The van der Waals surface area contributed by atoms with Gasteiger partial charge in [0.05, 0.1) is 17.6 Å². The highest BCUT2D eigenvalue weighted by Gasteiger charge is 2.13. The molecule has 4 heteroatoms. The summed E-state index contributed by atoms with van der Waals surface area (Å²) in [6.07, 6.45) is 0. The van der Waals surface area contributed by atoms with Gasteiger partial charge in [0.2, 0.25) is 0 Å². The van der Waals surface area contributed by atoms with Gasteiger partial charge < -0.3 is 10.1 Å². The predicted molar refractivity (Wildman–Crippen MR) is 78.0 cm³/mol. The first-order valence-electron chi connectivity index (χ1n) is 5.92. The highest BCUT2D eigenvalue weighted by molar-refractivity contribution is 9.10. The summed E-state index contributed by atoms with van der Waals surface area (Å²) in [7, 11) is 3.52. The highest BCUT2D eigenvalue weighted by atomic mass is 79.9. The Kier molecular flexibility index (Phi) is 4.56. The van der Waals surface area contributed by atoms with Crippen molar-refractivity contribution in [1.82, 2.24) is 5.32 Å². The largest absolute Gasteiger partial charge is 0.496 e. The molecule has 19 heavy (non-hydrogen) atoms. The van der Waals surface area contributed by atoms with Gasteiger partial charge in [-0.3, -0.25) is 0 Å². The standard InChI is InChI=1S/C15H15BrFNO/c1-18-15(10-3-6-12(17)7-4-10)11-5-8-14(19-2)13(16)9-11/h3-9,15,18H,1-2H3. The molecule has 0 fully saturated rings. The van der Waals surface area contributed by atoms with Gasteiger partial charge >= 0.3 is 0 Å². The molecule has 0 heterocycles. The summed E-state index contributed by atoms with van der Waals surface area (Å²) in [5.41, 5.74) is 2.10. The van der Waals surface area contributed by atoms with Crippen LogP contribution in [0.1, 0.15) is 17.2 Å². The Labute approximate surface area is 120 Å². The molecule has 1 atom stereocenters. The molecule has 0 spiro atoms. The van der Waals surface area contributed by atoms with Crippen LogP contribution in [0.5, 0.6) is 5.75 Å². The van der Waals surface area contributed by atoms with Crippen LogP contribution < -0.4 is 10.1 Å². The van der Waals surface area contributed by atoms with Gasteiger partial charge in [0.25, 0.3) is 0 Å². The number of ether oxygens (including phenoxy) is 1. The van der Waals surface area contributed by atoms with Crippen molar-refractivity contribution in [2.24, 2.45) is 0 Å². The number of nitrogens with one attached hydrogen (secondary N) is 1. The van der Waals surface area contributed by atoms with E-state index in [2.05, 4.69) is 21.2 Å². The van der Waals surface area contributed by atoms with Crippen LogP contribution in [0.2, 0.25) is 0 Å². The Balaban J connectivity index is 2.36. The molecule has 0 aromatic heterocycles. The van der Waals surface area contributed by atoms with E-state index in [0.29, 0.717) is 0 Å². The van der Waals surface area contributed by atoms with Gasteiger partial charge in [0.1, 0.15) is 11.6 Å². The second-order valence-electron chi connectivity index (χ2n) is 4.17. The van der Waals surface area contributed by atoms with Gasteiger partial charge in [-0.1, -0.05) is 18.2 Å². The Morgan fingerprint density at radius 3 is 2.26 bits per heavy atom. The van der Waals surface area contributed by atoms with E-state index in [1.165, 1.54) is 12.1 Å². The molecule has 0 aliphatic carbocycles. The third kappa shape index (κ3) is 3.14. The fourth-order valence-corrected chi connectivity index (χ4v) is 2.60. The molecule has 2 aromatic rings. The average Bonchev–Trinajstić information content (AvgIpc) is 2.42. The number of hydrogen-bond acceptors (Lipinski definition) is 2. The quantitative estimate of drug-likeness (QED) is 0.921. The molecule has 0 saturated carbocycles. The molecule has 2 rings (SSSR count). The predicted octanol–water partition coefficient (Wildman–Crippen LogP) is 3.91. The Bertz CT molecular complexity index is 557. The van der Waals surface area contributed by atoms with E-state index in [1.807, 2.05) is 25.2 Å². The van der Waals surface area contributed by atoms with Crippen LogP contribution in [-0.2, 0) is 0 Å². The molecule has 2 nitrogen and oxygen atoms in total. The van der Waals surface area contributed by atoms with E-state index >= 15 is 0 Å². The van der Waals surface area contributed by atoms with Crippen LogP contribution in [0, 0.1) is 5.82 Å². The van der Waals surface area contributed by atoms with Crippen molar-refractivity contribution in [2.75, 3.05) is 14.2 Å². The van der Waals surface area contributed by atoms with Crippen LogP contribution in [0.25, 0.3) is 0 Å². The lowest BCUT2D eigenvalue weighted by atomic mass is 9.99. The van der Waals surface area contributed by atoms with E-state index in [0.717, 1.165) is 21.3 Å². The normalized spacial score (nSPS) is 12.2. The van der Waals surface area contributed by atoms with E-state index in [4.69, 9.17) is 4.74 Å². The first kappa shape index (κ1) is 14.0. The van der Waals surface area contributed by atoms with Crippen molar-refractivity contribution in [3.05, 3.63) is 63.9 Å². The van der Waals surface area contributed by atoms with Gasteiger partial charge in [-0.25, -0.2) is 4.39 Å². The molecule has 2 aromatic carbocycles. The van der Waals surface area contributed by atoms with Crippen molar-refractivity contribution < 1.29 is 9.13 Å². The van der Waals surface area contributed by atoms with Gasteiger partial charge in [-0.05, 0) is 58.4 Å². The zero-order valence-electron chi connectivity index (χ0n) is 10.8. The first-order valence-corrected chi connectivity index (χ1v) is 6.71. The molecule has 0 aliphatic rings. The summed E-state index contributed by atoms with van der Waals surface area (Å²) in [6.45, 7) is 0. The Morgan fingerprint density at radius 1 is 1.11 bits per heavy atom. The summed E-state index contributed by atoms with van der Waals surface area (Å²) in [6, 6.07) is 12.4. The van der Waals surface area contributed by atoms with Crippen LogP contribution in [0.15, 0.2) is 46.9 Å². The molecule has 0 bridgehead atoms. The molecular formula is C15H15BrFNO. The van der Waals surface area contributed by atoms with E-state index in [1.54, 1.807) is 19.2 Å². The third-order valence-electron chi connectivity index (χ3n) is 3.00. The lowest BCUT2D eigenvalue weighted by molar-refractivity contribution is 0.412. The van der Waals surface area contributed by atoms with Crippen LogP contribution >= 0.6 is 15.9 Å². The minimum atomic E-state index is -0.227. The fourth-order valence-electron chi connectivity index (χ4n) is 2.04. The minimum absolute atomic E-state index is 0.0165. The lowest BCUT2D eigenvalue weighted by Crippen LogP contribution is -2.17. The van der Waals surface area contributed by atoms with E-state index in [-0.39, 0.29) is 11.9 Å². The first-order chi connectivity index (χ1) is 9.15. The summed E-state index contributed by atoms with van der Waals surface area (Å²) >= 11 is 3.48. The van der Waals surface area contributed by atoms with Crippen molar-refractivity contribution >= 4 is 15.9 Å². The monoisotopic (exact) mass is 323 g/mol. The molecule has 1 N–H and O–H groups in total. The summed E-state index contributed by atoms with van der Waals surface area (Å²) in [4.78, 5) is 0. The molecule has 0 radical (unpaired) electrons. The van der Waals surface area contributed by atoms with Crippen molar-refractivity contribution in [3.63, 3.8) is 0 Å². The van der Waals surface area contributed by atoms with Gasteiger partial charge in [0, 0.05) is 0 Å². The zero-order valence-corrected chi connectivity index (χ0v) is 12.4. The lowest BCUT2D eigenvalue weighted by Gasteiger charge is -2.18. The number of methoxy groups -OCH3 is 1. The second kappa shape index (κ2) is 6.17. The minimum Gasteiger partial charge on any atom is -0.496 e. The Hall–Kier alpha value is -1.39.